The molecule has 0 aliphatic carbocycles. The average Bonchev–Trinajstić information content (AvgIpc) is 3.41. The van der Waals surface area contributed by atoms with Crippen LogP contribution in [0.25, 0.3) is 5.76 Å². The van der Waals surface area contributed by atoms with Crippen molar-refractivity contribution in [3.63, 3.8) is 0 Å². The molecule has 0 bridgehead atoms. The second kappa shape index (κ2) is 27.9. The lowest BCUT2D eigenvalue weighted by atomic mass is 9.77. The minimum absolute atomic E-state index is 0.161. The van der Waals surface area contributed by atoms with Gasteiger partial charge in [0.05, 0.1) is 19.3 Å². The van der Waals surface area contributed by atoms with E-state index in [2.05, 4.69) is 29.2 Å². The Morgan fingerprint density at radius 3 is 1.62 bits per heavy atom. The molecule has 7 rings (SSSR count). The van der Waals surface area contributed by atoms with Gasteiger partial charge in [-0.25, -0.2) is 9.59 Å². The quantitative estimate of drug-likeness (QED) is 0.0301. The van der Waals surface area contributed by atoms with E-state index in [9.17, 15) is 24.0 Å². The third kappa shape index (κ3) is 16.1. The maximum absolute atomic E-state index is 13.4. The summed E-state index contributed by atoms with van der Waals surface area (Å²) in [6, 6.07) is 57.5. The molecule has 5 atom stereocenters. The van der Waals surface area contributed by atoms with Crippen LogP contribution in [0.15, 0.2) is 212 Å². The smallest absolute Gasteiger partial charge is 0.347 e. The Labute approximate surface area is 417 Å². The van der Waals surface area contributed by atoms with Gasteiger partial charge in [0.2, 0.25) is 12.0 Å². The van der Waals surface area contributed by atoms with E-state index in [0.717, 1.165) is 34.1 Å². The van der Waals surface area contributed by atoms with Crippen molar-refractivity contribution in [2.24, 2.45) is 11.8 Å². The van der Waals surface area contributed by atoms with E-state index in [1.165, 1.54) is 18.2 Å². The van der Waals surface area contributed by atoms with Crippen molar-refractivity contribution < 1.29 is 38.2 Å². The zero-order chi connectivity index (χ0) is 50.2. The molecule has 6 aromatic rings. The van der Waals surface area contributed by atoms with Gasteiger partial charge in [0, 0.05) is 54.2 Å². The van der Waals surface area contributed by atoms with E-state index in [1.807, 2.05) is 147 Å². The highest BCUT2D eigenvalue weighted by Gasteiger charge is 2.46. The summed E-state index contributed by atoms with van der Waals surface area (Å²) in [5.74, 6) is -1.90. The van der Waals surface area contributed by atoms with Crippen molar-refractivity contribution in [3.05, 3.63) is 246 Å². The van der Waals surface area contributed by atoms with Gasteiger partial charge in [-0.1, -0.05) is 188 Å². The third-order valence-corrected chi connectivity index (χ3v) is 12.0. The van der Waals surface area contributed by atoms with Crippen LogP contribution in [0, 0.1) is 11.8 Å². The standard InChI is InChI=1S/C31H33NO4.C30H29NO4/c1-3-35-31(34)30-29(26(22-33)20-28(36-30)25-17-11-6-12-18-25)27(19-23-13-7-4-8-14-23)32(2)21-24-15-9-5-10-16-24;1-2-35-30(34)21-18-27(22-24-12-6-3-7-13-24)31(23-25-14-8-4-9-15-25)29(33)20-19-28(32)26-16-10-5-11-17-26/h4-18,20,22,26-27,29-30H,3,19,21H2,1-2H3;3-21,27H,2,22-23H2,1H3/b;20-19+,21-18+. The fraction of sp³-hybridized carbons (Fsp3) is 0.230. The molecule has 10 nitrogen and oxygen atoms in total. The number of allylic oxidation sites excluding steroid dienone is 2. The van der Waals surface area contributed by atoms with Gasteiger partial charge < -0.3 is 23.9 Å². The Kier molecular flexibility index (Phi) is 20.6. The normalized spacial score (nSPS) is 16.1. The van der Waals surface area contributed by atoms with Crippen molar-refractivity contribution in [3.8, 4) is 0 Å². The number of nitrogens with zero attached hydrogens (tertiary/aromatic N) is 2. The fourth-order valence-electron chi connectivity index (χ4n) is 8.55. The van der Waals surface area contributed by atoms with E-state index in [-0.39, 0.29) is 30.9 Å². The Hall–Kier alpha value is -7.95. The van der Waals surface area contributed by atoms with Crippen LogP contribution in [0.3, 0.4) is 0 Å². The molecule has 1 aliphatic rings. The lowest BCUT2D eigenvalue weighted by molar-refractivity contribution is -0.159. The average molecular weight is 951 g/mol. The number of benzene rings is 6. The van der Waals surface area contributed by atoms with Gasteiger partial charge in [-0.05, 0) is 68.1 Å². The zero-order valence-electron chi connectivity index (χ0n) is 40.6. The molecule has 1 amide bonds. The summed E-state index contributed by atoms with van der Waals surface area (Å²) in [6.45, 7) is 5.02. The van der Waals surface area contributed by atoms with Gasteiger partial charge in [0.15, 0.2) is 5.78 Å². The lowest BCUT2D eigenvalue weighted by Gasteiger charge is -2.42. The van der Waals surface area contributed by atoms with Crippen LogP contribution in [0.4, 0.5) is 0 Å². The summed E-state index contributed by atoms with van der Waals surface area (Å²) in [5.41, 5.74) is 5.58. The van der Waals surface area contributed by atoms with Gasteiger partial charge in [0.25, 0.3) is 0 Å². The molecule has 0 aromatic heterocycles. The number of ether oxygens (including phenoxy) is 3. The minimum atomic E-state index is -0.910. The molecule has 10 heteroatoms. The topological polar surface area (TPSA) is 120 Å². The largest absolute Gasteiger partial charge is 0.478 e. The molecule has 0 fully saturated rings. The van der Waals surface area contributed by atoms with E-state index in [1.54, 1.807) is 49.1 Å². The lowest BCUT2D eigenvalue weighted by Crippen LogP contribution is -2.52. The molecule has 1 heterocycles. The first kappa shape index (κ1) is 52.4. The number of carbonyl (C=O) groups is 5. The van der Waals surface area contributed by atoms with Crippen molar-refractivity contribution in [1.82, 2.24) is 9.80 Å². The van der Waals surface area contributed by atoms with Gasteiger partial charge in [-0.15, -0.1) is 0 Å². The number of rotatable bonds is 21. The minimum Gasteiger partial charge on any atom is -0.478 e. The molecular formula is C61H62N2O8. The summed E-state index contributed by atoms with van der Waals surface area (Å²) in [6.07, 6.45) is 8.70. The summed E-state index contributed by atoms with van der Waals surface area (Å²) in [5, 5.41) is 0. The van der Waals surface area contributed by atoms with Crippen LogP contribution in [0.1, 0.15) is 52.0 Å². The fourth-order valence-corrected chi connectivity index (χ4v) is 8.55. The Morgan fingerprint density at radius 1 is 0.592 bits per heavy atom. The number of ketones is 1. The maximum atomic E-state index is 13.4. The summed E-state index contributed by atoms with van der Waals surface area (Å²) in [7, 11) is 2.04. The third-order valence-electron chi connectivity index (χ3n) is 12.0. The first-order valence-electron chi connectivity index (χ1n) is 24.0. The van der Waals surface area contributed by atoms with E-state index in [4.69, 9.17) is 14.2 Å². The Morgan fingerprint density at radius 2 is 1.08 bits per heavy atom. The molecule has 0 spiro atoms. The molecule has 364 valence electrons. The van der Waals surface area contributed by atoms with Crippen LogP contribution < -0.4 is 0 Å². The number of hydrogen-bond donors (Lipinski definition) is 0. The van der Waals surface area contributed by atoms with Crippen LogP contribution in [0.2, 0.25) is 0 Å². The van der Waals surface area contributed by atoms with Gasteiger partial charge in [-0.2, -0.15) is 0 Å². The van der Waals surface area contributed by atoms with Crippen LogP contribution in [-0.2, 0) is 59.3 Å². The molecule has 0 radical (unpaired) electrons. The van der Waals surface area contributed by atoms with Crippen molar-refractivity contribution in [2.45, 2.75) is 58.0 Å². The molecule has 0 saturated carbocycles. The Bertz CT molecular complexity index is 2680. The molecule has 71 heavy (non-hydrogen) atoms. The van der Waals surface area contributed by atoms with E-state index in [0.29, 0.717) is 37.3 Å². The van der Waals surface area contributed by atoms with Crippen molar-refractivity contribution >= 4 is 35.7 Å². The molecule has 0 saturated heterocycles. The van der Waals surface area contributed by atoms with Gasteiger partial charge in [0.1, 0.15) is 12.0 Å². The second-order valence-corrected chi connectivity index (χ2v) is 17.0. The van der Waals surface area contributed by atoms with Gasteiger partial charge in [-0.3, -0.25) is 14.5 Å². The summed E-state index contributed by atoms with van der Waals surface area (Å²) < 4.78 is 16.9. The number of aldehydes is 1. The second-order valence-electron chi connectivity index (χ2n) is 17.0. The molecule has 5 unspecified atom stereocenters. The van der Waals surface area contributed by atoms with Crippen LogP contribution in [0.5, 0.6) is 0 Å². The first-order chi connectivity index (χ1) is 34.7. The number of esters is 2. The molecular weight excluding hydrogens is 889 g/mol. The maximum Gasteiger partial charge on any atom is 0.347 e. The number of carbonyl (C=O) groups excluding carboxylic acids is 5. The SMILES string of the molecule is CCOC(=O)/C=C/C(Cc1ccccc1)N(Cc1ccccc1)C(=O)/C=C/C(=O)c1ccccc1.CCOC(=O)C1OC(c2ccccc2)=CC(C=O)C1C(Cc1ccccc1)N(C)Cc1ccccc1. The van der Waals surface area contributed by atoms with E-state index < -0.39 is 35.9 Å². The van der Waals surface area contributed by atoms with E-state index >= 15 is 0 Å². The summed E-state index contributed by atoms with van der Waals surface area (Å²) in [4.78, 5) is 67.7. The zero-order valence-corrected chi connectivity index (χ0v) is 40.6. The Balaban J connectivity index is 0.000000233. The first-order valence-corrected chi connectivity index (χ1v) is 24.0. The highest BCUT2D eigenvalue weighted by atomic mass is 16.6. The number of hydrogen-bond acceptors (Lipinski definition) is 9. The van der Waals surface area contributed by atoms with Gasteiger partial charge >= 0.3 is 11.9 Å². The molecule has 6 aromatic carbocycles. The molecule has 1 aliphatic heterocycles. The highest BCUT2D eigenvalue weighted by Crippen LogP contribution is 2.38. The van der Waals surface area contributed by atoms with Crippen molar-refractivity contribution in [2.75, 3.05) is 20.3 Å². The van der Waals surface area contributed by atoms with Crippen LogP contribution >= 0.6 is 0 Å². The predicted molar refractivity (Wildman–Crippen MR) is 277 cm³/mol. The number of amides is 1. The highest BCUT2D eigenvalue weighted by molar-refractivity contribution is 6.07. The number of likely N-dealkylation sites (N-methyl/N-ethyl adjacent to an activating group) is 1. The van der Waals surface area contributed by atoms with Crippen molar-refractivity contribution in [1.29, 1.82) is 0 Å². The monoisotopic (exact) mass is 950 g/mol. The predicted octanol–water partition coefficient (Wildman–Crippen LogP) is 10.3. The van der Waals surface area contributed by atoms with Crippen LogP contribution in [-0.4, -0.2) is 78.2 Å². The molecule has 0 N–H and O–H groups in total. The summed E-state index contributed by atoms with van der Waals surface area (Å²) >= 11 is 0.